The number of esters is 1. The number of phenols is 1. The van der Waals surface area contributed by atoms with E-state index in [9.17, 15) is 19.8 Å². The average molecular weight is 314 g/mol. The first-order chi connectivity index (χ1) is 11.0. The van der Waals surface area contributed by atoms with E-state index in [1.807, 2.05) is 0 Å². The van der Waals surface area contributed by atoms with Gasteiger partial charge < -0.3 is 19.4 Å². The fourth-order valence-electron chi connectivity index (χ4n) is 2.52. The Morgan fingerprint density at radius 1 is 1.22 bits per heavy atom. The largest absolute Gasteiger partial charge is 0.508 e. The Hall–Kier alpha value is -2.86. The summed E-state index contributed by atoms with van der Waals surface area (Å²) in [6, 6.07) is 9.89. The number of carbonyl (C=O) groups excluding carboxylic acids is 1. The number of aliphatic hydroxyl groups is 1. The van der Waals surface area contributed by atoms with E-state index < -0.39 is 17.7 Å². The first kappa shape index (κ1) is 15.1. The van der Waals surface area contributed by atoms with Crippen LogP contribution in [0, 0.1) is 0 Å². The van der Waals surface area contributed by atoms with E-state index in [0.717, 1.165) is 12.5 Å². The topological polar surface area (TPSA) is 97.0 Å². The minimum absolute atomic E-state index is 0.0901. The summed E-state index contributed by atoms with van der Waals surface area (Å²) in [6.07, 6.45) is -1.65. The van der Waals surface area contributed by atoms with Gasteiger partial charge in [0.15, 0.2) is 6.10 Å². The van der Waals surface area contributed by atoms with Crippen LogP contribution in [0.1, 0.15) is 5.56 Å². The molecule has 0 saturated carbocycles. The molecule has 0 aliphatic carbocycles. The summed E-state index contributed by atoms with van der Waals surface area (Å²) in [5.74, 6) is -0.729. The molecule has 23 heavy (non-hydrogen) atoms. The molecule has 0 amide bonds. The summed E-state index contributed by atoms with van der Waals surface area (Å²) in [7, 11) is 1.16. The van der Waals surface area contributed by atoms with Gasteiger partial charge in [-0.05, 0) is 35.0 Å². The van der Waals surface area contributed by atoms with Gasteiger partial charge in [0.05, 0.1) is 7.11 Å². The van der Waals surface area contributed by atoms with Gasteiger partial charge in [-0.1, -0.05) is 12.1 Å². The number of benzene rings is 2. The highest BCUT2D eigenvalue weighted by atomic mass is 16.5. The lowest BCUT2D eigenvalue weighted by molar-refractivity contribution is -0.150. The Kier molecular flexibility index (Phi) is 3.75. The van der Waals surface area contributed by atoms with E-state index in [1.54, 1.807) is 36.4 Å². The lowest BCUT2D eigenvalue weighted by Gasteiger charge is -2.09. The van der Waals surface area contributed by atoms with Crippen LogP contribution >= 0.6 is 0 Å². The molecule has 0 bridgehead atoms. The van der Waals surface area contributed by atoms with Crippen LogP contribution in [0.25, 0.3) is 21.7 Å². The molecule has 2 aromatic carbocycles. The number of aliphatic hydroxyl groups excluding tert-OH is 1. The molecule has 0 aliphatic rings. The van der Waals surface area contributed by atoms with E-state index >= 15 is 0 Å². The highest BCUT2D eigenvalue weighted by Gasteiger charge is 2.19. The normalized spacial score (nSPS) is 12.4. The Labute approximate surface area is 130 Å². The fourth-order valence-corrected chi connectivity index (χ4v) is 2.52. The Balaban J connectivity index is 2.18. The van der Waals surface area contributed by atoms with Crippen LogP contribution in [0.4, 0.5) is 0 Å². The molecule has 0 aliphatic heterocycles. The van der Waals surface area contributed by atoms with Crippen molar-refractivity contribution in [1.82, 2.24) is 0 Å². The molecule has 118 valence electrons. The third-order valence-electron chi connectivity index (χ3n) is 3.68. The van der Waals surface area contributed by atoms with Gasteiger partial charge in [0, 0.05) is 17.4 Å². The number of hydrogen-bond donors (Lipinski definition) is 2. The predicted molar refractivity (Wildman–Crippen MR) is 83.4 cm³/mol. The van der Waals surface area contributed by atoms with E-state index in [2.05, 4.69) is 4.74 Å². The smallest absolute Gasteiger partial charge is 0.339 e. The first-order valence-electron chi connectivity index (χ1n) is 6.94. The molecule has 3 rings (SSSR count). The van der Waals surface area contributed by atoms with E-state index in [1.165, 1.54) is 0 Å². The summed E-state index contributed by atoms with van der Waals surface area (Å²) in [5, 5.41) is 21.6. The van der Waals surface area contributed by atoms with Gasteiger partial charge in [-0.3, -0.25) is 0 Å². The van der Waals surface area contributed by atoms with Gasteiger partial charge in [-0.25, -0.2) is 9.59 Å². The van der Waals surface area contributed by atoms with Crippen molar-refractivity contribution in [3.63, 3.8) is 0 Å². The molecule has 1 atom stereocenters. The molecule has 0 saturated heterocycles. The minimum Gasteiger partial charge on any atom is -0.508 e. The third kappa shape index (κ3) is 2.76. The lowest BCUT2D eigenvalue weighted by atomic mass is 10.0. The summed E-state index contributed by atoms with van der Waals surface area (Å²) < 4.78 is 9.70. The summed E-state index contributed by atoms with van der Waals surface area (Å²) >= 11 is 0. The first-order valence-corrected chi connectivity index (χ1v) is 6.94. The number of rotatable bonds is 3. The molecule has 0 spiro atoms. The third-order valence-corrected chi connectivity index (χ3v) is 3.68. The molecule has 1 unspecified atom stereocenters. The van der Waals surface area contributed by atoms with Gasteiger partial charge in [-0.15, -0.1) is 0 Å². The molecule has 2 N–H and O–H groups in total. The summed E-state index contributed by atoms with van der Waals surface area (Å²) in [4.78, 5) is 23.3. The van der Waals surface area contributed by atoms with Crippen molar-refractivity contribution < 1.29 is 24.2 Å². The van der Waals surface area contributed by atoms with Gasteiger partial charge >= 0.3 is 11.6 Å². The zero-order chi connectivity index (χ0) is 16.6. The lowest BCUT2D eigenvalue weighted by Crippen LogP contribution is -2.26. The predicted octanol–water partition coefficient (Wildman–Crippen LogP) is 1.73. The zero-order valence-corrected chi connectivity index (χ0v) is 12.3. The van der Waals surface area contributed by atoms with Crippen molar-refractivity contribution in [2.75, 3.05) is 7.11 Å². The van der Waals surface area contributed by atoms with Crippen molar-refractivity contribution in [2.45, 2.75) is 12.5 Å². The monoisotopic (exact) mass is 314 g/mol. The molecule has 0 fully saturated rings. The maximum Gasteiger partial charge on any atom is 0.339 e. The van der Waals surface area contributed by atoms with Crippen LogP contribution in [0.15, 0.2) is 45.6 Å². The highest BCUT2D eigenvalue weighted by molar-refractivity contribution is 6.06. The van der Waals surface area contributed by atoms with E-state index in [0.29, 0.717) is 16.4 Å². The molecule has 1 aromatic heterocycles. The molecular weight excluding hydrogens is 300 g/mol. The van der Waals surface area contributed by atoms with Crippen LogP contribution in [-0.2, 0) is 16.0 Å². The molecule has 6 heteroatoms. The van der Waals surface area contributed by atoms with Crippen LogP contribution in [0.3, 0.4) is 0 Å². The quantitative estimate of drug-likeness (QED) is 0.434. The minimum atomic E-state index is -1.44. The molecule has 0 radical (unpaired) electrons. The van der Waals surface area contributed by atoms with Crippen LogP contribution in [0.2, 0.25) is 0 Å². The van der Waals surface area contributed by atoms with Gasteiger partial charge in [0.25, 0.3) is 0 Å². The van der Waals surface area contributed by atoms with Gasteiger partial charge in [0.1, 0.15) is 11.3 Å². The van der Waals surface area contributed by atoms with Gasteiger partial charge in [-0.2, -0.15) is 0 Å². The second-order valence-corrected chi connectivity index (χ2v) is 5.18. The van der Waals surface area contributed by atoms with E-state index in [-0.39, 0.29) is 17.7 Å². The number of ether oxygens (including phenoxy) is 1. The van der Waals surface area contributed by atoms with Crippen molar-refractivity contribution in [3.8, 4) is 5.75 Å². The molecular formula is C17H14O6. The number of phenolic OH excluding ortho intramolecular Hbond substituents is 1. The molecule has 3 aromatic rings. The van der Waals surface area contributed by atoms with Crippen molar-refractivity contribution >= 4 is 27.7 Å². The number of carbonyl (C=O) groups is 1. The fraction of sp³-hybridized carbons (Fsp3) is 0.176. The highest BCUT2D eigenvalue weighted by Crippen LogP contribution is 2.28. The van der Waals surface area contributed by atoms with E-state index in [4.69, 9.17) is 4.42 Å². The summed E-state index contributed by atoms with van der Waals surface area (Å²) in [6.45, 7) is 0. The van der Waals surface area contributed by atoms with Crippen LogP contribution in [-0.4, -0.2) is 29.4 Å². The second-order valence-electron chi connectivity index (χ2n) is 5.18. The molecule has 6 nitrogen and oxygen atoms in total. The number of methoxy groups -OCH3 is 1. The van der Waals surface area contributed by atoms with Crippen molar-refractivity contribution in [2.24, 2.45) is 0 Å². The SMILES string of the molecule is COC(=O)C(O)Cc1cc2c(ccc3ccc(O)cc32)oc1=O. The Morgan fingerprint density at radius 3 is 2.70 bits per heavy atom. The average Bonchev–Trinajstić information content (AvgIpc) is 2.54. The van der Waals surface area contributed by atoms with Gasteiger partial charge in [0.2, 0.25) is 0 Å². The number of aromatic hydroxyl groups is 1. The number of hydrogen-bond acceptors (Lipinski definition) is 6. The zero-order valence-electron chi connectivity index (χ0n) is 12.3. The van der Waals surface area contributed by atoms with Crippen LogP contribution in [0.5, 0.6) is 5.75 Å². The van der Waals surface area contributed by atoms with Crippen molar-refractivity contribution in [1.29, 1.82) is 0 Å². The standard InChI is InChI=1S/C17H14O6/c1-22-17(21)14(19)7-10-6-13-12-8-11(18)4-2-9(12)3-5-15(13)23-16(10)20/h2-6,8,14,18-19H,7H2,1H3. The maximum atomic E-state index is 12.0. The Morgan fingerprint density at radius 2 is 1.96 bits per heavy atom. The van der Waals surface area contributed by atoms with Crippen molar-refractivity contribution in [3.05, 3.63) is 52.4 Å². The Bertz CT molecular complexity index is 956. The van der Waals surface area contributed by atoms with Crippen LogP contribution < -0.4 is 5.63 Å². The second kappa shape index (κ2) is 5.73. The number of fused-ring (bicyclic) bond motifs is 3. The summed E-state index contributed by atoms with van der Waals surface area (Å²) in [5.41, 5.74) is -0.101. The maximum absolute atomic E-state index is 12.0. The molecule has 1 heterocycles.